The average molecular weight is 309 g/mol. The van der Waals surface area contributed by atoms with Gasteiger partial charge in [0.2, 0.25) is 11.8 Å². The van der Waals surface area contributed by atoms with Crippen LogP contribution in [0, 0.1) is 0 Å². The second-order valence-corrected chi connectivity index (χ2v) is 5.50. The van der Waals surface area contributed by atoms with Gasteiger partial charge in [-0.1, -0.05) is 0 Å². The molecule has 0 saturated carbocycles. The van der Waals surface area contributed by atoms with Gasteiger partial charge in [-0.05, 0) is 20.8 Å². The number of carbonyl (C=O) groups excluding carboxylic acids is 3. The maximum Gasteiger partial charge on any atom is 0.514 e. The topological polar surface area (TPSA) is 107 Å². The molecule has 0 fully saturated rings. The van der Waals surface area contributed by atoms with E-state index in [4.69, 9.17) is 9.47 Å². The lowest BCUT2D eigenvalue weighted by atomic mass is 10.2. The molecule has 8 nitrogen and oxygen atoms in total. The number of anilines is 2. The molecule has 2 N–H and O–H groups in total. The van der Waals surface area contributed by atoms with Gasteiger partial charge in [-0.25, -0.2) is 9.78 Å². The second kappa shape index (κ2) is 6.88. The third-order valence-corrected chi connectivity index (χ3v) is 2.00. The van der Waals surface area contributed by atoms with E-state index in [1.54, 1.807) is 20.8 Å². The number of nitrogens with one attached hydrogen (secondary N) is 2. The molecule has 0 aliphatic rings. The monoisotopic (exact) mass is 309 g/mol. The largest absolute Gasteiger partial charge is 0.514 e. The lowest BCUT2D eigenvalue weighted by Crippen LogP contribution is -2.26. The fourth-order valence-electron chi connectivity index (χ4n) is 1.42. The van der Waals surface area contributed by atoms with Gasteiger partial charge in [-0.2, -0.15) is 0 Å². The summed E-state index contributed by atoms with van der Waals surface area (Å²) in [5.41, 5.74) is -0.703. The standard InChI is InChI=1S/C14H19N3O5/c1-8(18)15-11-6-10(7-12(17-11)16-9(2)19)21-13(20)22-14(3,4)5/h6-7H,1-5H3,(H2,15,16,17,18,19). The maximum absolute atomic E-state index is 11.7. The van der Waals surface area contributed by atoms with Gasteiger partial charge in [-0.3, -0.25) is 9.59 Å². The van der Waals surface area contributed by atoms with Crippen molar-refractivity contribution in [3.63, 3.8) is 0 Å². The molecule has 0 aromatic carbocycles. The zero-order chi connectivity index (χ0) is 16.9. The lowest BCUT2D eigenvalue weighted by Gasteiger charge is -2.19. The molecule has 0 aliphatic carbocycles. The van der Waals surface area contributed by atoms with Crippen LogP contribution in [-0.4, -0.2) is 28.6 Å². The van der Waals surface area contributed by atoms with Crippen molar-refractivity contribution in [3.05, 3.63) is 12.1 Å². The van der Waals surface area contributed by atoms with E-state index in [2.05, 4.69) is 15.6 Å². The smallest absolute Gasteiger partial charge is 0.428 e. The molecule has 2 amide bonds. The number of rotatable bonds is 3. The number of amides is 2. The van der Waals surface area contributed by atoms with Gasteiger partial charge < -0.3 is 20.1 Å². The third kappa shape index (κ3) is 6.69. The fourth-order valence-corrected chi connectivity index (χ4v) is 1.42. The molecule has 0 atom stereocenters. The van der Waals surface area contributed by atoms with E-state index in [9.17, 15) is 14.4 Å². The highest BCUT2D eigenvalue weighted by Gasteiger charge is 2.19. The summed E-state index contributed by atoms with van der Waals surface area (Å²) in [6, 6.07) is 2.69. The molecule has 1 heterocycles. The quantitative estimate of drug-likeness (QED) is 0.830. The van der Waals surface area contributed by atoms with Crippen LogP contribution in [0.5, 0.6) is 5.75 Å². The van der Waals surface area contributed by atoms with Gasteiger partial charge in [0, 0.05) is 26.0 Å². The molecule has 22 heavy (non-hydrogen) atoms. The van der Waals surface area contributed by atoms with Crippen LogP contribution in [0.1, 0.15) is 34.6 Å². The molecule has 8 heteroatoms. The van der Waals surface area contributed by atoms with E-state index >= 15 is 0 Å². The average Bonchev–Trinajstić information content (AvgIpc) is 2.22. The zero-order valence-corrected chi connectivity index (χ0v) is 13.1. The van der Waals surface area contributed by atoms with Crippen molar-refractivity contribution in [2.24, 2.45) is 0 Å². The Kier molecular flexibility index (Phi) is 5.44. The van der Waals surface area contributed by atoms with Gasteiger partial charge in [0.05, 0.1) is 0 Å². The van der Waals surface area contributed by atoms with Crippen molar-refractivity contribution < 1.29 is 23.9 Å². The highest BCUT2D eigenvalue weighted by Crippen LogP contribution is 2.22. The van der Waals surface area contributed by atoms with Crippen molar-refractivity contribution >= 4 is 29.6 Å². The number of aromatic nitrogens is 1. The number of ether oxygens (including phenoxy) is 2. The third-order valence-electron chi connectivity index (χ3n) is 2.00. The Hall–Kier alpha value is -2.64. The minimum atomic E-state index is -0.902. The SMILES string of the molecule is CC(=O)Nc1cc(OC(=O)OC(C)(C)C)cc(NC(C)=O)n1. The highest BCUT2D eigenvalue weighted by atomic mass is 16.7. The number of pyridine rings is 1. The summed E-state index contributed by atoms with van der Waals surface area (Å²) in [4.78, 5) is 37.8. The van der Waals surface area contributed by atoms with E-state index in [0.29, 0.717) is 0 Å². The number of nitrogens with zero attached hydrogens (tertiary/aromatic N) is 1. The summed E-state index contributed by atoms with van der Waals surface area (Å²) in [7, 11) is 0. The van der Waals surface area contributed by atoms with Crippen LogP contribution in [0.4, 0.5) is 16.4 Å². The summed E-state index contributed by atoms with van der Waals surface area (Å²) >= 11 is 0. The van der Waals surface area contributed by atoms with Crippen LogP contribution in [0.15, 0.2) is 12.1 Å². The second-order valence-electron chi connectivity index (χ2n) is 5.50. The van der Waals surface area contributed by atoms with Crippen molar-refractivity contribution in [1.29, 1.82) is 0 Å². The van der Waals surface area contributed by atoms with Crippen molar-refractivity contribution in [2.75, 3.05) is 10.6 Å². The first-order valence-electron chi connectivity index (χ1n) is 6.53. The predicted molar refractivity (Wildman–Crippen MR) is 79.7 cm³/mol. The molecule has 0 bridgehead atoms. The summed E-state index contributed by atoms with van der Waals surface area (Å²) in [5.74, 6) is -0.349. The lowest BCUT2D eigenvalue weighted by molar-refractivity contribution is -0.115. The number of hydrogen-bond donors (Lipinski definition) is 2. The zero-order valence-electron chi connectivity index (χ0n) is 13.1. The molecule has 0 spiro atoms. The van der Waals surface area contributed by atoms with Gasteiger partial charge in [0.15, 0.2) is 0 Å². The maximum atomic E-state index is 11.7. The predicted octanol–water partition coefficient (Wildman–Crippen LogP) is 2.31. The molecule has 0 radical (unpaired) electrons. The summed E-state index contributed by atoms with van der Waals surface area (Å²) in [6.07, 6.45) is -0.902. The summed E-state index contributed by atoms with van der Waals surface area (Å²) in [5, 5.41) is 4.89. The Morgan fingerprint density at radius 2 is 1.45 bits per heavy atom. The number of carbonyl (C=O) groups is 3. The molecule has 0 aliphatic heterocycles. The Morgan fingerprint density at radius 1 is 1.00 bits per heavy atom. The first kappa shape index (κ1) is 17.4. The minimum absolute atomic E-state index is 0.0803. The Balaban J connectivity index is 2.98. The van der Waals surface area contributed by atoms with Gasteiger partial charge >= 0.3 is 6.16 Å². The van der Waals surface area contributed by atoms with Crippen LogP contribution in [0.3, 0.4) is 0 Å². The summed E-state index contributed by atoms with van der Waals surface area (Å²) < 4.78 is 10.1. The minimum Gasteiger partial charge on any atom is -0.428 e. The molecule has 1 aromatic heterocycles. The first-order chi connectivity index (χ1) is 10.0. The van der Waals surface area contributed by atoms with Crippen LogP contribution in [0.25, 0.3) is 0 Å². The molecule has 1 aromatic rings. The van der Waals surface area contributed by atoms with E-state index in [1.807, 2.05) is 0 Å². The van der Waals surface area contributed by atoms with E-state index in [-0.39, 0.29) is 29.2 Å². The molecule has 0 unspecified atom stereocenters. The van der Waals surface area contributed by atoms with Crippen molar-refractivity contribution in [2.45, 2.75) is 40.2 Å². The van der Waals surface area contributed by atoms with E-state index < -0.39 is 11.8 Å². The van der Waals surface area contributed by atoms with Gasteiger partial charge in [0.1, 0.15) is 23.0 Å². The Labute approximate surface area is 128 Å². The normalized spacial score (nSPS) is 10.6. The Bertz CT molecular complexity index is 558. The Morgan fingerprint density at radius 3 is 1.82 bits per heavy atom. The molecule has 1 rings (SSSR count). The highest BCUT2D eigenvalue weighted by molar-refractivity contribution is 5.90. The molecular weight excluding hydrogens is 290 g/mol. The fraction of sp³-hybridized carbons (Fsp3) is 0.429. The molecule has 0 saturated heterocycles. The molecular formula is C14H19N3O5. The van der Waals surface area contributed by atoms with Crippen LogP contribution < -0.4 is 15.4 Å². The number of hydrogen-bond acceptors (Lipinski definition) is 6. The van der Waals surface area contributed by atoms with Crippen LogP contribution in [0.2, 0.25) is 0 Å². The van der Waals surface area contributed by atoms with Crippen LogP contribution >= 0.6 is 0 Å². The van der Waals surface area contributed by atoms with Gasteiger partial charge in [-0.15, -0.1) is 0 Å². The van der Waals surface area contributed by atoms with E-state index in [0.717, 1.165) is 0 Å². The van der Waals surface area contributed by atoms with Gasteiger partial charge in [0.25, 0.3) is 0 Å². The van der Waals surface area contributed by atoms with E-state index in [1.165, 1.54) is 26.0 Å². The van der Waals surface area contributed by atoms with Crippen molar-refractivity contribution in [3.8, 4) is 5.75 Å². The summed E-state index contributed by atoms with van der Waals surface area (Å²) in [6.45, 7) is 7.72. The van der Waals surface area contributed by atoms with Crippen LogP contribution in [-0.2, 0) is 14.3 Å². The van der Waals surface area contributed by atoms with Crippen molar-refractivity contribution in [1.82, 2.24) is 4.98 Å². The molecule has 120 valence electrons. The first-order valence-corrected chi connectivity index (χ1v) is 6.53.